The van der Waals surface area contributed by atoms with Crippen LogP contribution in [0.25, 0.3) is 5.70 Å². The van der Waals surface area contributed by atoms with Crippen LogP contribution in [-0.2, 0) is 32.7 Å². The number of allylic oxidation sites excluding steroid dienone is 2. The van der Waals surface area contributed by atoms with Crippen LogP contribution in [0.15, 0.2) is 36.5 Å². The zero-order valence-corrected chi connectivity index (χ0v) is 13.9. The fourth-order valence-corrected chi connectivity index (χ4v) is 1.84. The van der Waals surface area contributed by atoms with E-state index in [1.807, 2.05) is 31.2 Å². The Kier molecular flexibility index (Phi) is 6.35. The number of benzene rings is 1. The molecule has 1 atom stereocenters. The summed E-state index contributed by atoms with van der Waals surface area (Å²) in [5.41, 5.74) is 2.87. The molecule has 1 aliphatic rings. The van der Waals surface area contributed by atoms with Crippen molar-refractivity contribution in [3.8, 4) is 18.1 Å². The Bertz CT molecular complexity index is 511. The van der Waals surface area contributed by atoms with Crippen LogP contribution in [0, 0.1) is 24.3 Å². The summed E-state index contributed by atoms with van der Waals surface area (Å²) in [7, 11) is 0. The maximum absolute atomic E-state index is 5.41. The van der Waals surface area contributed by atoms with Crippen LogP contribution in [0.4, 0.5) is 0 Å². The van der Waals surface area contributed by atoms with Crippen molar-refractivity contribution in [3.05, 3.63) is 48.2 Å². The van der Waals surface area contributed by atoms with Crippen molar-refractivity contribution < 1.29 is 37.4 Å². The van der Waals surface area contributed by atoms with Gasteiger partial charge in [-0.1, -0.05) is 18.9 Å². The zero-order chi connectivity index (χ0) is 13.0. The number of terminal acetylenes is 1. The van der Waals surface area contributed by atoms with Gasteiger partial charge in [0, 0.05) is 44.3 Å². The second-order valence-corrected chi connectivity index (χ2v) is 4.08. The Hall–Kier alpha value is -1.04. The minimum atomic E-state index is 0. The number of hydrogen-bond acceptors (Lipinski definition) is 2. The molecule has 0 aromatic heterocycles. The van der Waals surface area contributed by atoms with Gasteiger partial charge >= 0.3 is 0 Å². The Labute approximate surface area is 140 Å². The van der Waals surface area contributed by atoms with E-state index in [9.17, 15) is 0 Å². The molecule has 3 heteroatoms. The molecule has 0 spiro atoms. The second kappa shape index (κ2) is 7.53. The van der Waals surface area contributed by atoms with E-state index in [0.717, 1.165) is 22.7 Å². The Morgan fingerprint density at radius 3 is 2.68 bits per heavy atom. The van der Waals surface area contributed by atoms with E-state index in [1.54, 1.807) is 0 Å². The van der Waals surface area contributed by atoms with Crippen LogP contribution in [0.1, 0.15) is 18.9 Å². The van der Waals surface area contributed by atoms with E-state index in [0.29, 0.717) is 13.0 Å². The third-order valence-corrected chi connectivity index (χ3v) is 2.84. The van der Waals surface area contributed by atoms with Crippen LogP contribution in [0.2, 0.25) is 0 Å². The summed E-state index contributed by atoms with van der Waals surface area (Å²) < 4.78 is 5.41. The van der Waals surface area contributed by atoms with Gasteiger partial charge in [0.05, 0.1) is 6.61 Å². The summed E-state index contributed by atoms with van der Waals surface area (Å²) in [5, 5.41) is 3.21. The Morgan fingerprint density at radius 2 is 2.16 bits per heavy atom. The van der Waals surface area contributed by atoms with Gasteiger partial charge in [-0.15, -0.1) is 24.3 Å². The van der Waals surface area contributed by atoms with Crippen LogP contribution < -0.4 is 10.1 Å². The molecule has 1 aliphatic heterocycles. The fraction of sp³-hybridized carbons (Fsp3) is 0.250. The second-order valence-electron chi connectivity index (χ2n) is 4.08. The monoisotopic (exact) mass is 327 g/mol. The molecule has 0 bridgehead atoms. The average molecular weight is 327 g/mol. The average Bonchev–Trinajstić information content (AvgIpc) is 2.40. The molecule has 1 radical (unpaired) electrons. The molecule has 0 saturated carbocycles. The summed E-state index contributed by atoms with van der Waals surface area (Å²) in [6.45, 7) is 6.59. The normalized spacial score (nSPS) is 17.6. The first kappa shape index (κ1) is 16.0. The van der Waals surface area contributed by atoms with Crippen molar-refractivity contribution in [1.29, 1.82) is 0 Å². The molecule has 1 unspecified atom stereocenters. The van der Waals surface area contributed by atoms with Crippen LogP contribution in [0.3, 0.4) is 0 Å². The molecule has 2 rings (SSSR count). The maximum Gasteiger partial charge on any atom is 0.116 e. The van der Waals surface area contributed by atoms with Gasteiger partial charge in [0.15, 0.2) is 0 Å². The van der Waals surface area contributed by atoms with E-state index < -0.39 is 0 Å². The van der Waals surface area contributed by atoms with Gasteiger partial charge < -0.3 is 10.1 Å². The third kappa shape index (κ3) is 3.96. The summed E-state index contributed by atoms with van der Waals surface area (Å²) in [4.78, 5) is 0. The molecule has 95 valence electrons. The molecule has 1 N–H and O–H groups in total. The molecule has 1 aromatic carbocycles. The van der Waals surface area contributed by atoms with Crippen molar-refractivity contribution in [2.24, 2.45) is 5.92 Å². The van der Waals surface area contributed by atoms with E-state index in [-0.39, 0.29) is 38.6 Å². The minimum Gasteiger partial charge on any atom is -0.494 e. The predicted molar refractivity (Wildman–Crippen MR) is 73.5 cm³/mol. The summed E-state index contributed by atoms with van der Waals surface area (Å²) in [5.74, 6) is 3.61. The van der Waals surface area contributed by atoms with Gasteiger partial charge in [-0.25, -0.2) is 6.08 Å². The maximum atomic E-state index is 5.41. The van der Waals surface area contributed by atoms with Gasteiger partial charge in [-0.3, -0.25) is 0 Å². The quantitative estimate of drug-likeness (QED) is 0.681. The van der Waals surface area contributed by atoms with Crippen molar-refractivity contribution in [3.63, 3.8) is 0 Å². The molecular weight excluding hydrogens is 311 g/mol. The first-order chi connectivity index (χ1) is 8.74. The Balaban J connectivity index is 0.00000180. The molecule has 19 heavy (non-hydrogen) atoms. The van der Waals surface area contributed by atoms with Crippen LogP contribution in [-0.4, -0.2) is 6.61 Å². The largest absolute Gasteiger partial charge is 0.494 e. The first-order valence-electron chi connectivity index (χ1n) is 6.00. The number of nitrogens with one attached hydrogen (secondary N) is 1. The molecule has 0 saturated heterocycles. The van der Waals surface area contributed by atoms with Gasteiger partial charge in [0.2, 0.25) is 0 Å². The smallest absolute Gasteiger partial charge is 0.116 e. The molecule has 1 heterocycles. The SMILES string of the molecule is C#CC1C[C-]=C(c2ccc(OCC)cc2)NC1=C.[Y]. The van der Waals surface area contributed by atoms with Gasteiger partial charge in [-0.05, 0) is 19.1 Å². The summed E-state index contributed by atoms with van der Waals surface area (Å²) in [6, 6.07) is 7.91. The molecular formula is C16H16NOY-. The van der Waals surface area contributed by atoms with Crippen molar-refractivity contribution >= 4 is 5.70 Å². The van der Waals surface area contributed by atoms with Crippen molar-refractivity contribution in [2.45, 2.75) is 13.3 Å². The predicted octanol–water partition coefficient (Wildman–Crippen LogP) is 2.98. The van der Waals surface area contributed by atoms with Gasteiger partial charge in [0.25, 0.3) is 0 Å². The zero-order valence-electron chi connectivity index (χ0n) is 11.1. The van der Waals surface area contributed by atoms with Gasteiger partial charge in [0.1, 0.15) is 5.75 Å². The van der Waals surface area contributed by atoms with Crippen molar-refractivity contribution in [1.82, 2.24) is 5.32 Å². The topological polar surface area (TPSA) is 21.3 Å². The summed E-state index contributed by atoms with van der Waals surface area (Å²) >= 11 is 0. The standard InChI is InChI=1S/C16H16NO.Y/c1-4-13-8-11-16(17-12(13)3)14-6-9-15(10-7-14)18-5-2;/h1,6-7,9-10,13,17H,3,5,8H2,2H3;/q-1;. The molecule has 0 aliphatic carbocycles. The molecule has 0 fully saturated rings. The van der Waals surface area contributed by atoms with Crippen molar-refractivity contribution in [2.75, 3.05) is 6.61 Å². The number of hydrogen-bond donors (Lipinski definition) is 1. The number of rotatable bonds is 3. The third-order valence-electron chi connectivity index (χ3n) is 2.84. The summed E-state index contributed by atoms with van der Waals surface area (Å²) in [6.07, 6.45) is 9.41. The molecule has 1 aromatic rings. The van der Waals surface area contributed by atoms with E-state index >= 15 is 0 Å². The molecule has 0 amide bonds. The van der Waals surface area contributed by atoms with E-state index in [1.165, 1.54) is 0 Å². The molecule has 2 nitrogen and oxygen atoms in total. The van der Waals surface area contributed by atoms with E-state index in [2.05, 4.69) is 23.9 Å². The van der Waals surface area contributed by atoms with Crippen LogP contribution in [0.5, 0.6) is 5.75 Å². The minimum absolute atomic E-state index is 0. The van der Waals surface area contributed by atoms with Crippen LogP contribution >= 0.6 is 0 Å². The first-order valence-corrected chi connectivity index (χ1v) is 6.00. The van der Waals surface area contributed by atoms with Gasteiger partial charge in [-0.2, -0.15) is 5.56 Å². The fourth-order valence-electron chi connectivity index (χ4n) is 1.84. The Morgan fingerprint density at radius 1 is 1.47 bits per heavy atom. The van der Waals surface area contributed by atoms with E-state index in [4.69, 9.17) is 11.2 Å². The number of ether oxygens (including phenoxy) is 1.